The third-order valence-electron chi connectivity index (χ3n) is 7.58. The van der Waals surface area contributed by atoms with E-state index >= 15 is 0 Å². The van der Waals surface area contributed by atoms with Crippen LogP contribution in [0.3, 0.4) is 0 Å². The van der Waals surface area contributed by atoms with Gasteiger partial charge in [-0.1, -0.05) is 50.8 Å². The van der Waals surface area contributed by atoms with E-state index in [-0.39, 0.29) is 0 Å². The van der Waals surface area contributed by atoms with Crippen molar-refractivity contribution >= 4 is 16.5 Å². The Hall–Kier alpha value is -2.10. The molecule has 2 aliphatic heterocycles. The highest BCUT2D eigenvalue weighted by Crippen LogP contribution is 2.37. The second kappa shape index (κ2) is 10.2. The molecule has 0 bridgehead atoms. The van der Waals surface area contributed by atoms with Crippen molar-refractivity contribution in [2.24, 2.45) is 0 Å². The fraction of sp³-hybridized carbons (Fsp3) is 0.517. The summed E-state index contributed by atoms with van der Waals surface area (Å²) in [5, 5.41) is 1.39. The van der Waals surface area contributed by atoms with Crippen LogP contribution in [0.4, 0.5) is 0 Å². The Labute approximate surface area is 194 Å². The molecule has 0 spiro atoms. The molecule has 2 aliphatic rings. The topological polar surface area (TPSA) is 22.3 Å². The van der Waals surface area contributed by atoms with Crippen LogP contribution in [0.5, 0.6) is 0 Å². The van der Waals surface area contributed by atoms with Crippen molar-refractivity contribution in [2.75, 3.05) is 33.2 Å². The first-order chi connectivity index (χ1) is 15.5. The number of hydrogen-bond acceptors (Lipinski definition) is 2. The van der Waals surface area contributed by atoms with Gasteiger partial charge in [-0.05, 0) is 107 Å². The minimum absolute atomic E-state index is 0.457. The summed E-state index contributed by atoms with van der Waals surface area (Å²) >= 11 is 0. The van der Waals surface area contributed by atoms with Crippen molar-refractivity contribution in [3.8, 4) is 0 Å². The largest absolute Gasteiger partial charge is 0.354 e. The molecule has 1 N–H and O–H groups in total. The maximum absolute atomic E-state index is 3.92. The zero-order valence-corrected chi connectivity index (χ0v) is 20.5. The lowest BCUT2D eigenvalue weighted by molar-refractivity contribution is 0.0966. The Bertz CT molecular complexity index is 977. The number of hydrogen-bond donors (Lipinski definition) is 1. The molecule has 4 rings (SSSR count). The van der Waals surface area contributed by atoms with Crippen LogP contribution >= 0.6 is 0 Å². The van der Waals surface area contributed by atoms with Crippen LogP contribution in [0.25, 0.3) is 16.5 Å². The zero-order valence-electron chi connectivity index (χ0n) is 20.5. The number of fused-ring (bicyclic) bond motifs is 1. The minimum atomic E-state index is 0.457. The minimum Gasteiger partial charge on any atom is -0.354 e. The Kier molecular flexibility index (Phi) is 7.37. The number of likely N-dealkylation sites (tertiary alicyclic amines) is 2. The van der Waals surface area contributed by atoms with E-state index in [1.54, 1.807) is 0 Å². The smallest absolute Gasteiger partial charge is 0.0499 e. The molecule has 0 radical (unpaired) electrons. The average Bonchev–Trinajstić information content (AvgIpc) is 3.18. The van der Waals surface area contributed by atoms with Crippen LogP contribution in [-0.2, 0) is 0 Å². The third kappa shape index (κ3) is 4.79. The quantitative estimate of drug-likeness (QED) is 0.513. The Morgan fingerprint density at radius 3 is 2.44 bits per heavy atom. The molecule has 0 unspecified atom stereocenters. The fourth-order valence-corrected chi connectivity index (χ4v) is 5.80. The van der Waals surface area contributed by atoms with Gasteiger partial charge in [0, 0.05) is 22.6 Å². The van der Waals surface area contributed by atoms with Crippen LogP contribution in [0.1, 0.15) is 75.1 Å². The van der Waals surface area contributed by atoms with E-state index in [2.05, 4.69) is 85.6 Å². The summed E-state index contributed by atoms with van der Waals surface area (Å²) in [4.78, 5) is 8.97. The summed E-state index contributed by atoms with van der Waals surface area (Å²) in [6, 6.07) is 7.97. The van der Waals surface area contributed by atoms with Gasteiger partial charge < -0.3 is 14.8 Å². The van der Waals surface area contributed by atoms with Crippen molar-refractivity contribution < 1.29 is 0 Å². The lowest BCUT2D eigenvalue weighted by Gasteiger charge is -2.41. The first-order valence-corrected chi connectivity index (χ1v) is 12.6. The lowest BCUT2D eigenvalue weighted by Crippen LogP contribution is -2.46. The SMILES string of the molecule is C=C/C=C(\C=C/C)c1[nH]c2ccc(C3CCN(C4CCN(C)CC4)CC3)cc2c1C(C)C. The predicted octanol–water partition coefficient (Wildman–Crippen LogP) is 6.71. The second-order valence-corrected chi connectivity index (χ2v) is 10.1. The normalized spacial score (nSPS) is 20.7. The van der Waals surface area contributed by atoms with Crippen molar-refractivity contribution in [2.45, 2.75) is 64.3 Å². The highest BCUT2D eigenvalue weighted by molar-refractivity contribution is 5.92. The summed E-state index contributed by atoms with van der Waals surface area (Å²) in [7, 11) is 2.26. The lowest BCUT2D eigenvalue weighted by atomic mass is 9.86. The molecule has 1 aromatic heterocycles. The molecule has 0 amide bonds. The molecule has 2 aromatic rings. The highest BCUT2D eigenvalue weighted by atomic mass is 15.2. The molecule has 2 fully saturated rings. The van der Waals surface area contributed by atoms with E-state index in [4.69, 9.17) is 0 Å². The molecule has 3 heterocycles. The third-order valence-corrected chi connectivity index (χ3v) is 7.58. The van der Waals surface area contributed by atoms with Gasteiger partial charge in [-0.2, -0.15) is 0 Å². The number of piperidine rings is 2. The van der Waals surface area contributed by atoms with E-state index in [0.29, 0.717) is 11.8 Å². The predicted molar refractivity (Wildman–Crippen MR) is 139 cm³/mol. The molecule has 1 aromatic carbocycles. The van der Waals surface area contributed by atoms with Crippen molar-refractivity contribution in [3.63, 3.8) is 0 Å². The number of nitrogens with zero attached hydrogens (tertiary/aromatic N) is 2. The van der Waals surface area contributed by atoms with Crippen LogP contribution in [0.15, 0.2) is 49.1 Å². The Morgan fingerprint density at radius 1 is 1.09 bits per heavy atom. The van der Waals surface area contributed by atoms with Gasteiger partial charge in [0.05, 0.1) is 0 Å². The van der Waals surface area contributed by atoms with Gasteiger partial charge in [0.1, 0.15) is 0 Å². The first-order valence-electron chi connectivity index (χ1n) is 12.6. The second-order valence-electron chi connectivity index (χ2n) is 10.1. The molecule has 3 heteroatoms. The van der Waals surface area contributed by atoms with E-state index in [0.717, 1.165) is 6.04 Å². The van der Waals surface area contributed by atoms with Crippen LogP contribution in [0, 0.1) is 0 Å². The number of H-pyrrole nitrogens is 1. The van der Waals surface area contributed by atoms with Crippen molar-refractivity contribution in [1.29, 1.82) is 0 Å². The van der Waals surface area contributed by atoms with Gasteiger partial charge in [0.25, 0.3) is 0 Å². The average molecular weight is 432 g/mol. The van der Waals surface area contributed by atoms with Gasteiger partial charge in [0.2, 0.25) is 0 Å². The van der Waals surface area contributed by atoms with Crippen molar-refractivity contribution in [3.05, 3.63) is 65.9 Å². The molecular weight excluding hydrogens is 390 g/mol. The summed E-state index contributed by atoms with van der Waals surface area (Å²) < 4.78 is 0. The summed E-state index contributed by atoms with van der Waals surface area (Å²) in [5.41, 5.74) is 6.64. The summed E-state index contributed by atoms with van der Waals surface area (Å²) in [6.45, 7) is 15.6. The van der Waals surface area contributed by atoms with Gasteiger partial charge in [-0.25, -0.2) is 0 Å². The molecule has 0 saturated carbocycles. The van der Waals surface area contributed by atoms with E-state index in [9.17, 15) is 0 Å². The standard InChI is InChI=1S/C29H41N3/c1-6-8-23(9-7-2)29-28(21(3)4)26-20-24(10-11-27(26)30-29)22-12-18-32(19-13-22)25-14-16-31(5)17-15-25/h6-11,20-22,25,30H,1,12-19H2,2-5H3/b9-7-,23-8+. The van der Waals surface area contributed by atoms with Gasteiger partial charge in [0.15, 0.2) is 0 Å². The molecule has 0 aliphatic carbocycles. The Morgan fingerprint density at radius 2 is 1.81 bits per heavy atom. The van der Waals surface area contributed by atoms with E-state index in [1.165, 1.54) is 85.2 Å². The maximum atomic E-state index is 3.92. The van der Waals surface area contributed by atoms with Crippen LogP contribution in [-0.4, -0.2) is 54.1 Å². The van der Waals surface area contributed by atoms with Gasteiger partial charge in [-0.3, -0.25) is 0 Å². The van der Waals surface area contributed by atoms with Crippen molar-refractivity contribution in [1.82, 2.24) is 14.8 Å². The maximum Gasteiger partial charge on any atom is 0.0499 e. The van der Waals surface area contributed by atoms with Crippen LogP contribution < -0.4 is 0 Å². The molecular formula is C29H41N3. The number of aromatic nitrogens is 1. The molecule has 32 heavy (non-hydrogen) atoms. The zero-order chi connectivity index (χ0) is 22.7. The Balaban J connectivity index is 1.57. The van der Waals surface area contributed by atoms with Gasteiger partial charge >= 0.3 is 0 Å². The summed E-state index contributed by atoms with van der Waals surface area (Å²) in [5.74, 6) is 1.14. The number of nitrogens with one attached hydrogen (secondary N) is 1. The first kappa shape index (κ1) is 23.1. The number of benzene rings is 1. The van der Waals surface area contributed by atoms with Crippen LogP contribution in [0.2, 0.25) is 0 Å². The van der Waals surface area contributed by atoms with Gasteiger partial charge in [-0.15, -0.1) is 0 Å². The molecule has 3 nitrogen and oxygen atoms in total. The molecule has 2 saturated heterocycles. The highest BCUT2D eigenvalue weighted by Gasteiger charge is 2.28. The number of rotatable bonds is 6. The monoisotopic (exact) mass is 431 g/mol. The molecule has 0 atom stereocenters. The molecule has 172 valence electrons. The van der Waals surface area contributed by atoms with E-state index in [1.807, 2.05) is 6.08 Å². The summed E-state index contributed by atoms with van der Waals surface area (Å²) in [6.07, 6.45) is 13.5. The number of aromatic amines is 1. The van der Waals surface area contributed by atoms with E-state index < -0.39 is 0 Å². The number of allylic oxidation sites excluding steroid dienone is 5. The fourth-order valence-electron chi connectivity index (χ4n) is 5.80.